The molecule has 1 amide bonds. The Balaban J connectivity index is 3.00. The van der Waals surface area contributed by atoms with Crippen LogP contribution >= 0.6 is 0 Å². The molecule has 5 heteroatoms. The lowest BCUT2D eigenvalue weighted by molar-refractivity contribution is -0.141. The monoisotopic (exact) mass is 237 g/mol. The minimum atomic E-state index is -1.06. The quantitative estimate of drug-likeness (QED) is 0.829. The third-order valence-corrected chi connectivity index (χ3v) is 2.70. The molecule has 2 N–H and O–H groups in total. The number of amides is 1. The highest BCUT2D eigenvalue weighted by atomic mass is 16.4. The van der Waals surface area contributed by atoms with Gasteiger partial charge in [-0.05, 0) is 37.6 Å². The van der Waals surface area contributed by atoms with Crippen molar-refractivity contribution in [3.63, 3.8) is 0 Å². The molecule has 0 aliphatic heterocycles. The van der Waals surface area contributed by atoms with E-state index in [1.807, 2.05) is 0 Å². The number of rotatable bonds is 3. The summed E-state index contributed by atoms with van der Waals surface area (Å²) < 4.78 is 0. The van der Waals surface area contributed by atoms with Gasteiger partial charge in [-0.2, -0.15) is 0 Å². The van der Waals surface area contributed by atoms with E-state index in [9.17, 15) is 14.7 Å². The fourth-order valence-electron chi connectivity index (χ4n) is 1.42. The number of phenols is 1. The molecule has 0 heterocycles. The number of aromatic hydroxyl groups is 1. The second kappa shape index (κ2) is 4.86. The molecule has 0 bridgehead atoms. The van der Waals surface area contributed by atoms with Crippen LogP contribution in [0.1, 0.15) is 22.8 Å². The van der Waals surface area contributed by atoms with Crippen LogP contribution in [-0.2, 0) is 4.79 Å². The summed E-state index contributed by atoms with van der Waals surface area (Å²) in [4.78, 5) is 23.9. The van der Waals surface area contributed by atoms with Gasteiger partial charge in [-0.15, -0.1) is 0 Å². The van der Waals surface area contributed by atoms with E-state index in [1.54, 1.807) is 6.92 Å². The fraction of sp³-hybridized carbons (Fsp3) is 0.333. The Morgan fingerprint density at radius 1 is 1.35 bits per heavy atom. The second-order valence-corrected chi connectivity index (χ2v) is 3.93. The van der Waals surface area contributed by atoms with E-state index in [0.29, 0.717) is 11.1 Å². The predicted molar refractivity (Wildman–Crippen MR) is 62.0 cm³/mol. The number of aliphatic carboxylic acids is 1. The molecule has 1 atom stereocenters. The molecule has 0 saturated carbocycles. The molecule has 0 saturated heterocycles. The molecule has 0 spiro atoms. The number of hydrogen-bond donors (Lipinski definition) is 2. The van der Waals surface area contributed by atoms with Gasteiger partial charge in [-0.3, -0.25) is 4.79 Å². The van der Waals surface area contributed by atoms with E-state index in [2.05, 4.69) is 0 Å². The molecule has 92 valence electrons. The zero-order valence-electron chi connectivity index (χ0n) is 9.97. The van der Waals surface area contributed by atoms with Gasteiger partial charge in [-0.25, -0.2) is 4.79 Å². The summed E-state index contributed by atoms with van der Waals surface area (Å²) in [7, 11) is 1.44. The van der Waals surface area contributed by atoms with Crippen molar-refractivity contribution in [3.8, 4) is 5.75 Å². The first-order valence-electron chi connectivity index (χ1n) is 5.14. The van der Waals surface area contributed by atoms with Crippen molar-refractivity contribution < 1.29 is 19.8 Å². The third kappa shape index (κ3) is 2.75. The molecule has 0 aromatic heterocycles. The molecule has 5 nitrogen and oxygen atoms in total. The smallest absolute Gasteiger partial charge is 0.326 e. The molecule has 1 aromatic rings. The van der Waals surface area contributed by atoms with Crippen LogP contribution in [-0.4, -0.2) is 40.1 Å². The highest BCUT2D eigenvalue weighted by molar-refractivity contribution is 5.97. The minimum absolute atomic E-state index is 0.0768. The molecule has 0 fully saturated rings. The first-order chi connectivity index (χ1) is 7.84. The Morgan fingerprint density at radius 2 is 1.94 bits per heavy atom. The van der Waals surface area contributed by atoms with E-state index in [1.165, 1.54) is 32.2 Å². The van der Waals surface area contributed by atoms with Crippen molar-refractivity contribution in [1.82, 2.24) is 4.90 Å². The maximum Gasteiger partial charge on any atom is 0.326 e. The first kappa shape index (κ1) is 13.0. The Hall–Kier alpha value is -2.04. The van der Waals surface area contributed by atoms with Crippen LogP contribution in [0.3, 0.4) is 0 Å². The Morgan fingerprint density at radius 3 is 2.41 bits per heavy atom. The lowest BCUT2D eigenvalue weighted by Crippen LogP contribution is -2.40. The average Bonchev–Trinajstić information content (AvgIpc) is 2.26. The van der Waals surface area contributed by atoms with Crippen molar-refractivity contribution in [3.05, 3.63) is 29.3 Å². The number of carbonyl (C=O) groups excluding carboxylic acids is 1. The molecular formula is C12H15NO4. The number of carbonyl (C=O) groups is 2. The normalized spacial score (nSPS) is 11.9. The zero-order chi connectivity index (χ0) is 13.2. The van der Waals surface area contributed by atoms with Gasteiger partial charge in [0.1, 0.15) is 11.8 Å². The SMILES string of the molecule is Cc1cc(O)ccc1C(=O)N(C)C(C)C(=O)O. The van der Waals surface area contributed by atoms with Crippen molar-refractivity contribution in [2.45, 2.75) is 19.9 Å². The second-order valence-electron chi connectivity index (χ2n) is 3.93. The summed E-state index contributed by atoms with van der Waals surface area (Å²) in [5.74, 6) is -1.36. The number of phenolic OH excluding ortho intramolecular Hbond substituents is 1. The maximum absolute atomic E-state index is 12.0. The number of carboxylic acid groups (broad SMARTS) is 1. The Kier molecular flexibility index (Phi) is 3.73. The molecule has 17 heavy (non-hydrogen) atoms. The van der Waals surface area contributed by atoms with Crippen molar-refractivity contribution in [2.75, 3.05) is 7.05 Å². The van der Waals surface area contributed by atoms with Crippen molar-refractivity contribution in [1.29, 1.82) is 0 Å². The topological polar surface area (TPSA) is 77.8 Å². The number of benzene rings is 1. The number of carboxylic acids is 1. The van der Waals surface area contributed by atoms with Gasteiger partial charge in [0.25, 0.3) is 5.91 Å². The summed E-state index contributed by atoms with van der Waals surface area (Å²) in [5.41, 5.74) is 0.998. The van der Waals surface area contributed by atoms with Gasteiger partial charge in [-0.1, -0.05) is 0 Å². The molecule has 0 radical (unpaired) electrons. The average molecular weight is 237 g/mol. The van der Waals surface area contributed by atoms with Crippen LogP contribution in [0.25, 0.3) is 0 Å². The van der Waals surface area contributed by atoms with E-state index in [4.69, 9.17) is 5.11 Å². The van der Waals surface area contributed by atoms with E-state index in [-0.39, 0.29) is 11.7 Å². The largest absolute Gasteiger partial charge is 0.508 e. The summed E-state index contributed by atoms with van der Waals surface area (Å²) >= 11 is 0. The molecule has 0 aliphatic rings. The Bertz CT molecular complexity index is 456. The third-order valence-electron chi connectivity index (χ3n) is 2.70. The van der Waals surface area contributed by atoms with E-state index < -0.39 is 12.0 Å². The fourth-order valence-corrected chi connectivity index (χ4v) is 1.42. The molecule has 1 aromatic carbocycles. The van der Waals surface area contributed by atoms with Crippen LogP contribution in [0, 0.1) is 6.92 Å². The lowest BCUT2D eigenvalue weighted by Gasteiger charge is -2.22. The standard InChI is InChI=1S/C12H15NO4/c1-7-6-9(14)4-5-10(7)11(15)13(3)8(2)12(16)17/h4-6,8,14H,1-3H3,(H,16,17). The molecule has 1 rings (SSSR count). The summed E-state index contributed by atoms with van der Waals surface area (Å²) in [5, 5.41) is 18.1. The summed E-state index contributed by atoms with van der Waals surface area (Å²) in [6.07, 6.45) is 0. The highest BCUT2D eigenvalue weighted by Gasteiger charge is 2.23. The van der Waals surface area contributed by atoms with Crippen LogP contribution < -0.4 is 0 Å². The van der Waals surface area contributed by atoms with Crippen LogP contribution in [0.15, 0.2) is 18.2 Å². The molecular weight excluding hydrogens is 222 g/mol. The first-order valence-corrected chi connectivity index (χ1v) is 5.14. The predicted octanol–water partition coefficient (Wildman–Crippen LogP) is 1.25. The molecule has 0 aliphatic carbocycles. The van der Waals surface area contributed by atoms with Gasteiger partial charge in [0, 0.05) is 12.6 Å². The van der Waals surface area contributed by atoms with Gasteiger partial charge < -0.3 is 15.1 Å². The van der Waals surface area contributed by atoms with E-state index >= 15 is 0 Å². The van der Waals surface area contributed by atoms with E-state index in [0.717, 1.165) is 4.90 Å². The van der Waals surface area contributed by atoms with Crippen LogP contribution in [0.2, 0.25) is 0 Å². The van der Waals surface area contributed by atoms with Gasteiger partial charge in [0.15, 0.2) is 0 Å². The lowest BCUT2D eigenvalue weighted by atomic mass is 10.1. The Labute approximate surface area is 99.3 Å². The number of hydrogen-bond acceptors (Lipinski definition) is 3. The number of nitrogens with zero attached hydrogens (tertiary/aromatic N) is 1. The van der Waals surface area contributed by atoms with Gasteiger partial charge >= 0.3 is 5.97 Å². The molecule has 1 unspecified atom stereocenters. The number of aryl methyl sites for hydroxylation is 1. The van der Waals surface area contributed by atoms with Crippen molar-refractivity contribution in [2.24, 2.45) is 0 Å². The summed E-state index contributed by atoms with van der Waals surface area (Å²) in [6.45, 7) is 3.13. The highest BCUT2D eigenvalue weighted by Crippen LogP contribution is 2.17. The van der Waals surface area contributed by atoms with Crippen molar-refractivity contribution >= 4 is 11.9 Å². The summed E-state index contributed by atoms with van der Waals surface area (Å²) in [6, 6.07) is 3.46. The van der Waals surface area contributed by atoms with Gasteiger partial charge in [0.2, 0.25) is 0 Å². The zero-order valence-corrected chi connectivity index (χ0v) is 9.97. The number of likely N-dealkylation sites (N-methyl/N-ethyl adjacent to an activating group) is 1. The van der Waals surface area contributed by atoms with Gasteiger partial charge in [0.05, 0.1) is 0 Å². The van der Waals surface area contributed by atoms with Crippen LogP contribution in [0.4, 0.5) is 0 Å². The van der Waals surface area contributed by atoms with Crippen LogP contribution in [0.5, 0.6) is 5.75 Å². The maximum atomic E-state index is 12.0. The minimum Gasteiger partial charge on any atom is -0.508 e.